The van der Waals surface area contributed by atoms with E-state index in [0.29, 0.717) is 0 Å². The van der Waals surface area contributed by atoms with Crippen molar-refractivity contribution in [2.45, 2.75) is 184 Å². The van der Waals surface area contributed by atoms with Crippen LogP contribution in [-0.2, 0) is 51.9 Å². The molecule has 0 saturated heterocycles. The van der Waals surface area contributed by atoms with Gasteiger partial charge in [-0.15, -0.1) is 0 Å². The molecule has 0 atom stereocenters. The molecule has 0 aliphatic rings. The second kappa shape index (κ2) is 30.8. The number of unbranched alkanes of at least 4 members (excludes halogenated alkanes) is 8. The van der Waals surface area contributed by atoms with Gasteiger partial charge in [-0.2, -0.15) is 0 Å². The lowest BCUT2D eigenvalue weighted by atomic mass is 9.88. The summed E-state index contributed by atoms with van der Waals surface area (Å²) in [5.41, 5.74) is 17.4. The summed E-state index contributed by atoms with van der Waals surface area (Å²) < 4.78 is 9.61. The van der Waals surface area contributed by atoms with Crippen molar-refractivity contribution in [3.05, 3.63) is 153 Å². The quantitative estimate of drug-likeness (QED) is 0.0557. The van der Waals surface area contributed by atoms with Crippen molar-refractivity contribution in [1.82, 2.24) is 0 Å². The SMILES string of the molecule is Cc1cc(C)c[n+](CCCCCc2cc(CCCCC[n+]3cc(C)cc(C)c3)c(CCCCC[n+]3cc(C)cc(C)c3)cc2CCCCC[n+]2cc(C)cc(C)c2)c1.[Br-].[Br-].[Br-].[Br-]. The van der Waals surface area contributed by atoms with Crippen molar-refractivity contribution in [3.63, 3.8) is 0 Å². The van der Waals surface area contributed by atoms with Gasteiger partial charge in [0.25, 0.3) is 0 Å². The van der Waals surface area contributed by atoms with Crippen LogP contribution in [0.1, 0.15) is 144 Å². The molecule has 0 fully saturated rings. The Morgan fingerprint density at radius 2 is 0.419 bits per heavy atom. The molecule has 0 amide bonds. The fourth-order valence-electron chi connectivity index (χ4n) is 9.36. The molecular formula is C54H78Br4N4. The maximum Gasteiger partial charge on any atom is 0.171 e. The fourth-order valence-corrected chi connectivity index (χ4v) is 9.36. The topological polar surface area (TPSA) is 15.5 Å². The summed E-state index contributed by atoms with van der Waals surface area (Å²) in [6.07, 6.45) is 38.4. The maximum absolute atomic E-state index is 2.69. The standard InChI is InChI=1S/C54H78N4.4BrH/c1-43-29-44(2)36-55(35-43)25-17-9-13-21-51-33-53(23-15-11-19-27-57-39-47(5)31-48(6)40-57)54(24-16-12-20-28-58-41-49(7)32-50(8)42-58)34-52(51)22-14-10-18-26-56-37-45(3)30-46(4)38-56;;;;/h29-42H,9-28H2,1-8H3;4*1H/q+4;;;;/p-4. The molecular weight excluding hydrogens is 1020 g/mol. The van der Waals surface area contributed by atoms with Crippen LogP contribution < -0.4 is 86.2 Å². The molecule has 0 radical (unpaired) electrons. The lowest BCUT2D eigenvalue weighted by Gasteiger charge is -2.17. The smallest absolute Gasteiger partial charge is 0.171 e. The van der Waals surface area contributed by atoms with E-state index in [-0.39, 0.29) is 67.9 Å². The van der Waals surface area contributed by atoms with E-state index in [1.165, 1.54) is 147 Å². The molecule has 4 aromatic heterocycles. The van der Waals surface area contributed by atoms with Crippen LogP contribution in [0.15, 0.2) is 86.0 Å². The van der Waals surface area contributed by atoms with E-state index in [4.69, 9.17) is 0 Å². The van der Waals surface area contributed by atoms with E-state index < -0.39 is 0 Å². The number of rotatable bonds is 24. The molecule has 1 aromatic carbocycles. The number of nitrogens with zero attached hydrogens (tertiary/aromatic N) is 4. The molecule has 0 N–H and O–H groups in total. The first-order valence-electron chi connectivity index (χ1n) is 23.0. The summed E-state index contributed by atoms with van der Waals surface area (Å²) in [7, 11) is 0. The molecule has 0 saturated carbocycles. The highest BCUT2D eigenvalue weighted by molar-refractivity contribution is 5.39. The summed E-state index contributed by atoms with van der Waals surface area (Å²) in [6, 6.07) is 14.5. The number of aromatic nitrogens is 4. The highest BCUT2D eigenvalue weighted by Gasteiger charge is 2.13. The number of hydrogen-bond acceptors (Lipinski definition) is 0. The van der Waals surface area contributed by atoms with Gasteiger partial charge in [-0.25, -0.2) is 18.3 Å². The third-order valence-corrected chi connectivity index (χ3v) is 11.7. The average molecular weight is 1100 g/mol. The molecule has 342 valence electrons. The second-order valence-electron chi connectivity index (χ2n) is 18.1. The minimum Gasteiger partial charge on any atom is -1.00 e. The molecule has 4 heterocycles. The van der Waals surface area contributed by atoms with Crippen LogP contribution in [-0.4, -0.2) is 0 Å². The molecule has 0 spiro atoms. The third-order valence-electron chi connectivity index (χ3n) is 11.7. The average Bonchev–Trinajstić information content (AvgIpc) is 3.13. The first-order chi connectivity index (χ1) is 28.0. The van der Waals surface area contributed by atoms with Gasteiger partial charge < -0.3 is 67.9 Å². The number of hydrogen-bond donors (Lipinski definition) is 0. The lowest BCUT2D eigenvalue weighted by molar-refractivity contribution is -0.698. The van der Waals surface area contributed by atoms with Gasteiger partial charge in [0.15, 0.2) is 49.6 Å². The Morgan fingerprint density at radius 3 is 0.597 bits per heavy atom. The fraction of sp³-hybridized carbons (Fsp3) is 0.519. The van der Waals surface area contributed by atoms with Gasteiger partial charge in [0.2, 0.25) is 0 Å². The van der Waals surface area contributed by atoms with Crippen LogP contribution in [0.4, 0.5) is 0 Å². The van der Waals surface area contributed by atoms with Crippen molar-refractivity contribution >= 4 is 0 Å². The summed E-state index contributed by atoms with van der Waals surface area (Å²) in [5.74, 6) is 0. The molecule has 8 heteroatoms. The van der Waals surface area contributed by atoms with Gasteiger partial charge >= 0.3 is 0 Å². The van der Waals surface area contributed by atoms with E-state index in [9.17, 15) is 0 Å². The monoisotopic (exact) mass is 1100 g/mol. The Hall–Kier alpha value is -2.26. The zero-order valence-corrected chi connectivity index (χ0v) is 45.9. The summed E-state index contributed by atoms with van der Waals surface area (Å²) in [6.45, 7) is 22.1. The predicted molar refractivity (Wildman–Crippen MR) is 241 cm³/mol. The molecule has 62 heavy (non-hydrogen) atoms. The first kappa shape index (κ1) is 57.8. The van der Waals surface area contributed by atoms with Gasteiger partial charge in [-0.1, -0.05) is 12.1 Å². The van der Waals surface area contributed by atoms with E-state index in [2.05, 4.69) is 160 Å². The number of pyridine rings is 4. The summed E-state index contributed by atoms with van der Waals surface area (Å²) in [5, 5.41) is 0. The first-order valence-corrected chi connectivity index (χ1v) is 23.0. The molecule has 0 bridgehead atoms. The molecule has 0 aliphatic heterocycles. The van der Waals surface area contributed by atoms with E-state index in [1.54, 1.807) is 22.3 Å². The minimum absolute atomic E-state index is 0. The van der Waals surface area contributed by atoms with Gasteiger partial charge in [-0.05, 0) is 179 Å². The number of benzene rings is 1. The Morgan fingerprint density at radius 1 is 0.242 bits per heavy atom. The van der Waals surface area contributed by atoms with Crippen molar-refractivity contribution in [3.8, 4) is 0 Å². The highest BCUT2D eigenvalue weighted by atomic mass is 79.9. The summed E-state index contributed by atoms with van der Waals surface area (Å²) in [4.78, 5) is 0. The Labute approximate surface area is 420 Å². The zero-order valence-electron chi connectivity index (χ0n) is 39.5. The van der Waals surface area contributed by atoms with Crippen molar-refractivity contribution in [1.29, 1.82) is 0 Å². The van der Waals surface area contributed by atoms with E-state index in [1.807, 2.05) is 0 Å². The van der Waals surface area contributed by atoms with Crippen LogP contribution in [0.25, 0.3) is 0 Å². The maximum atomic E-state index is 2.69. The van der Waals surface area contributed by atoms with E-state index >= 15 is 0 Å². The minimum atomic E-state index is 0. The number of halogens is 4. The molecule has 5 rings (SSSR count). The third kappa shape index (κ3) is 21.2. The van der Waals surface area contributed by atoms with Crippen molar-refractivity contribution in [2.24, 2.45) is 0 Å². The van der Waals surface area contributed by atoms with Gasteiger partial charge in [0, 0.05) is 70.2 Å². The largest absolute Gasteiger partial charge is 1.00 e. The second-order valence-corrected chi connectivity index (χ2v) is 18.1. The zero-order chi connectivity index (χ0) is 41.3. The van der Waals surface area contributed by atoms with Gasteiger partial charge in [-0.3, -0.25) is 0 Å². The molecule has 0 aliphatic carbocycles. The van der Waals surface area contributed by atoms with Gasteiger partial charge in [0.05, 0.1) is 0 Å². The predicted octanol–water partition coefficient (Wildman–Crippen LogP) is -1.03. The van der Waals surface area contributed by atoms with Crippen molar-refractivity contribution < 1.29 is 86.2 Å². The van der Waals surface area contributed by atoms with Crippen LogP contribution in [0.3, 0.4) is 0 Å². The van der Waals surface area contributed by atoms with Crippen LogP contribution in [0.5, 0.6) is 0 Å². The molecule has 0 unspecified atom stereocenters. The van der Waals surface area contributed by atoms with Crippen LogP contribution in [0.2, 0.25) is 0 Å². The Bertz CT molecular complexity index is 1690. The molecule has 4 nitrogen and oxygen atoms in total. The van der Waals surface area contributed by atoms with Gasteiger partial charge in [0.1, 0.15) is 26.2 Å². The van der Waals surface area contributed by atoms with Crippen LogP contribution >= 0.6 is 0 Å². The highest BCUT2D eigenvalue weighted by Crippen LogP contribution is 2.25. The lowest BCUT2D eigenvalue weighted by Crippen LogP contribution is -3.00. The normalized spacial score (nSPS) is 10.7. The van der Waals surface area contributed by atoms with E-state index in [0.717, 1.165) is 26.2 Å². The Balaban J connectivity index is 0.00000480. The number of aryl methyl sites for hydroxylation is 16. The molecule has 5 aromatic rings. The van der Waals surface area contributed by atoms with Crippen LogP contribution in [0, 0.1) is 55.4 Å². The van der Waals surface area contributed by atoms with Crippen molar-refractivity contribution in [2.75, 3.05) is 0 Å². The Kier molecular flexibility index (Phi) is 28.7. The summed E-state index contributed by atoms with van der Waals surface area (Å²) >= 11 is 0.